The largest absolute Gasteiger partial charge is 0.466 e. The molecule has 0 radical (unpaired) electrons. The Labute approximate surface area is 106 Å². The topological polar surface area (TPSA) is 86.3 Å². The lowest BCUT2D eigenvalue weighted by Gasteiger charge is -2.05. The molecule has 0 aliphatic heterocycles. The number of hydrogen-bond acceptors (Lipinski definition) is 4. The summed E-state index contributed by atoms with van der Waals surface area (Å²) in [6.45, 7) is 2.58. The van der Waals surface area contributed by atoms with Gasteiger partial charge >= 0.3 is 5.97 Å². The second-order valence-electron chi connectivity index (χ2n) is 3.93. The summed E-state index contributed by atoms with van der Waals surface area (Å²) in [6.07, 6.45) is 2.54. The molecule has 3 N–H and O–H groups in total. The van der Waals surface area contributed by atoms with Crippen LogP contribution < -0.4 is 11.1 Å². The van der Waals surface area contributed by atoms with Gasteiger partial charge in [0.1, 0.15) is 5.69 Å². The third-order valence-electron chi connectivity index (χ3n) is 2.41. The Morgan fingerprint density at radius 1 is 1.50 bits per heavy atom. The average molecular weight is 253 g/mol. The minimum Gasteiger partial charge on any atom is -0.466 e. The van der Waals surface area contributed by atoms with Crippen LogP contribution in [0, 0.1) is 0 Å². The van der Waals surface area contributed by atoms with Gasteiger partial charge in [-0.25, -0.2) is 0 Å². The van der Waals surface area contributed by atoms with E-state index < -0.39 is 0 Å². The van der Waals surface area contributed by atoms with E-state index in [2.05, 4.69) is 5.32 Å². The number of nitrogens with zero attached hydrogens (tertiary/aromatic N) is 1. The molecule has 0 atom stereocenters. The van der Waals surface area contributed by atoms with E-state index in [-0.39, 0.29) is 11.9 Å². The minimum absolute atomic E-state index is 0.196. The summed E-state index contributed by atoms with van der Waals surface area (Å²) < 4.78 is 6.45. The quantitative estimate of drug-likeness (QED) is 0.576. The van der Waals surface area contributed by atoms with E-state index in [1.54, 1.807) is 30.8 Å². The molecule has 0 saturated heterocycles. The van der Waals surface area contributed by atoms with Crippen molar-refractivity contribution in [3.05, 3.63) is 18.0 Å². The number of nitrogens with one attached hydrogen (secondary N) is 1. The molecule has 1 aromatic rings. The van der Waals surface area contributed by atoms with Crippen molar-refractivity contribution in [3.8, 4) is 0 Å². The van der Waals surface area contributed by atoms with Gasteiger partial charge in [-0.1, -0.05) is 0 Å². The molecule has 0 aliphatic carbocycles. The zero-order valence-corrected chi connectivity index (χ0v) is 10.7. The monoisotopic (exact) mass is 253 g/mol. The van der Waals surface area contributed by atoms with E-state index in [0.717, 1.165) is 0 Å². The van der Waals surface area contributed by atoms with Gasteiger partial charge in [-0.2, -0.15) is 0 Å². The molecule has 0 fully saturated rings. The first-order valence-electron chi connectivity index (χ1n) is 5.90. The number of carbonyl (C=O) groups excluding carboxylic acids is 2. The van der Waals surface area contributed by atoms with Crippen LogP contribution in [-0.2, 0) is 16.6 Å². The second-order valence-corrected chi connectivity index (χ2v) is 3.93. The zero-order chi connectivity index (χ0) is 13.5. The predicted molar refractivity (Wildman–Crippen MR) is 68.0 cm³/mol. The number of amides is 1. The Bertz CT molecular complexity index is 426. The summed E-state index contributed by atoms with van der Waals surface area (Å²) in [5, 5.41) is 2.73. The summed E-state index contributed by atoms with van der Waals surface area (Å²) in [6, 6.07) is 1.61. The van der Waals surface area contributed by atoms with Crippen LogP contribution in [-0.4, -0.2) is 29.6 Å². The van der Waals surface area contributed by atoms with Gasteiger partial charge in [0, 0.05) is 26.2 Å². The van der Waals surface area contributed by atoms with Crippen LogP contribution in [0.4, 0.5) is 5.69 Å². The summed E-state index contributed by atoms with van der Waals surface area (Å²) in [5.41, 5.74) is 6.64. The highest BCUT2D eigenvalue weighted by atomic mass is 16.5. The molecule has 0 saturated carbocycles. The van der Waals surface area contributed by atoms with Crippen LogP contribution in [0.25, 0.3) is 0 Å². The Morgan fingerprint density at radius 2 is 2.22 bits per heavy atom. The first-order chi connectivity index (χ1) is 8.54. The summed E-state index contributed by atoms with van der Waals surface area (Å²) >= 11 is 0. The van der Waals surface area contributed by atoms with E-state index in [4.69, 9.17) is 10.5 Å². The number of rotatable bonds is 6. The standard InChI is InChI=1S/C12H19N3O3/c1-3-18-11(16)5-4-6-14-12(17)10-7-9(13)8-15(10)2/h7-8H,3-6,13H2,1-2H3,(H,14,17). The van der Waals surface area contributed by atoms with Gasteiger partial charge in [0.05, 0.1) is 12.3 Å². The Kier molecular flexibility index (Phi) is 5.23. The van der Waals surface area contributed by atoms with Crippen LogP contribution in [0.3, 0.4) is 0 Å². The third kappa shape index (κ3) is 4.12. The van der Waals surface area contributed by atoms with Crippen LogP contribution in [0.2, 0.25) is 0 Å². The number of aryl methyl sites for hydroxylation is 1. The highest BCUT2D eigenvalue weighted by Crippen LogP contribution is 2.08. The van der Waals surface area contributed by atoms with Gasteiger partial charge in [-0.3, -0.25) is 9.59 Å². The van der Waals surface area contributed by atoms with Crippen LogP contribution in [0.5, 0.6) is 0 Å². The van der Waals surface area contributed by atoms with Crippen LogP contribution in [0.1, 0.15) is 30.3 Å². The Hall–Kier alpha value is -1.98. The molecular weight excluding hydrogens is 234 g/mol. The molecule has 100 valence electrons. The number of anilines is 1. The zero-order valence-electron chi connectivity index (χ0n) is 10.7. The molecule has 1 amide bonds. The van der Waals surface area contributed by atoms with Gasteiger partial charge in [0.15, 0.2) is 0 Å². The van der Waals surface area contributed by atoms with E-state index in [1.165, 1.54) is 0 Å². The maximum atomic E-state index is 11.7. The molecule has 1 aromatic heterocycles. The number of esters is 1. The SMILES string of the molecule is CCOC(=O)CCCNC(=O)c1cc(N)cn1C. The smallest absolute Gasteiger partial charge is 0.305 e. The average Bonchev–Trinajstić information content (AvgIpc) is 2.64. The maximum Gasteiger partial charge on any atom is 0.305 e. The van der Waals surface area contributed by atoms with E-state index >= 15 is 0 Å². The number of ether oxygens (including phenoxy) is 1. The lowest BCUT2D eigenvalue weighted by atomic mass is 10.3. The summed E-state index contributed by atoms with van der Waals surface area (Å²) in [7, 11) is 1.75. The second kappa shape index (κ2) is 6.68. The van der Waals surface area contributed by atoms with E-state index in [0.29, 0.717) is 37.4 Å². The molecule has 0 unspecified atom stereocenters. The fourth-order valence-corrected chi connectivity index (χ4v) is 1.57. The predicted octanol–water partition coefficient (Wildman–Crippen LogP) is 0.680. The Balaban J connectivity index is 2.30. The minimum atomic E-state index is -0.241. The van der Waals surface area contributed by atoms with Gasteiger partial charge < -0.3 is 20.4 Å². The molecule has 0 aromatic carbocycles. The van der Waals surface area contributed by atoms with Crippen molar-refractivity contribution in [3.63, 3.8) is 0 Å². The van der Waals surface area contributed by atoms with Crippen molar-refractivity contribution in [2.45, 2.75) is 19.8 Å². The van der Waals surface area contributed by atoms with E-state index in [9.17, 15) is 9.59 Å². The van der Waals surface area contributed by atoms with Crippen molar-refractivity contribution < 1.29 is 14.3 Å². The van der Waals surface area contributed by atoms with Crippen molar-refractivity contribution in [2.24, 2.45) is 7.05 Å². The molecule has 0 aliphatic rings. The normalized spacial score (nSPS) is 10.1. The number of nitrogen functional groups attached to an aromatic ring is 1. The number of aromatic nitrogens is 1. The lowest BCUT2D eigenvalue weighted by molar-refractivity contribution is -0.143. The van der Waals surface area contributed by atoms with Gasteiger partial charge in [-0.05, 0) is 19.4 Å². The number of carbonyl (C=O) groups is 2. The van der Waals surface area contributed by atoms with Crippen molar-refractivity contribution >= 4 is 17.6 Å². The number of nitrogens with two attached hydrogens (primary N) is 1. The lowest BCUT2D eigenvalue weighted by Crippen LogP contribution is -2.26. The molecule has 1 heterocycles. The Morgan fingerprint density at radius 3 is 2.78 bits per heavy atom. The molecule has 6 nitrogen and oxygen atoms in total. The molecule has 1 rings (SSSR count). The molecule has 0 bridgehead atoms. The van der Waals surface area contributed by atoms with Gasteiger partial charge in [0.2, 0.25) is 0 Å². The highest BCUT2D eigenvalue weighted by molar-refractivity contribution is 5.93. The van der Waals surface area contributed by atoms with Crippen molar-refractivity contribution in [1.29, 1.82) is 0 Å². The fraction of sp³-hybridized carbons (Fsp3) is 0.500. The fourth-order valence-electron chi connectivity index (χ4n) is 1.57. The van der Waals surface area contributed by atoms with Crippen molar-refractivity contribution in [1.82, 2.24) is 9.88 Å². The van der Waals surface area contributed by atoms with Crippen LogP contribution in [0.15, 0.2) is 12.3 Å². The molecule has 18 heavy (non-hydrogen) atoms. The molecule has 6 heteroatoms. The number of hydrogen-bond donors (Lipinski definition) is 2. The first kappa shape index (κ1) is 14.1. The summed E-state index contributed by atoms with van der Waals surface area (Å²) in [5.74, 6) is -0.437. The van der Waals surface area contributed by atoms with Crippen LogP contribution >= 0.6 is 0 Å². The van der Waals surface area contributed by atoms with Gasteiger partial charge in [0.25, 0.3) is 5.91 Å². The first-order valence-corrected chi connectivity index (χ1v) is 5.90. The highest BCUT2D eigenvalue weighted by Gasteiger charge is 2.10. The third-order valence-corrected chi connectivity index (χ3v) is 2.41. The maximum absolute atomic E-state index is 11.7. The van der Waals surface area contributed by atoms with E-state index in [1.807, 2.05) is 0 Å². The molecular formula is C12H19N3O3. The molecule has 0 spiro atoms. The van der Waals surface area contributed by atoms with Crippen molar-refractivity contribution in [2.75, 3.05) is 18.9 Å². The summed E-state index contributed by atoms with van der Waals surface area (Å²) in [4.78, 5) is 22.8. The van der Waals surface area contributed by atoms with Gasteiger partial charge in [-0.15, -0.1) is 0 Å².